The van der Waals surface area contributed by atoms with Gasteiger partial charge >= 0.3 is 0 Å². The molecule has 6 heteroatoms. The lowest BCUT2D eigenvalue weighted by Gasteiger charge is -2.38. The third kappa shape index (κ3) is 3.02. The van der Waals surface area contributed by atoms with E-state index in [9.17, 15) is 13.5 Å². The van der Waals surface area contributed by atoms with Gasteiger partial charge < -0.3 is 9.84 Å². The maximum atomic E-state index is 11.6. The summed E-state index contributed by atoms with van der Waals surface area (Å²) in [6, 6.07) is 15.1. The predicted molar refractivity (Wildman–Crippen MR) is 99.0 cm³/mol. The van der Waals surface area contributed by atoms with Gasteiger partial charge in [0.2, 0.25) is 0 Å². The second kappa shape index (κ2) is 6.37. The predicted octanol–water partition coefficient (Wildman–Crippen LogP) is 2.06. The van der Waals surface area contributed by atoms with Crippen molar-refractivity contribution in [3.63, 3.8) is 0 Å². The van der Waals surface area contributed by atoms with Crippen LogP contribution >= 0.6 is 0 Å². The van der Waals surface area contributed by atoms with Crippen LogP contribution in [0, 0.1) is 5.41 Å². The number of nitrogens with zero attached hydrogens (tertiary/aromatic N) is 1. The highest BCUT2D eigenvalue weighted by atomic mass is 32.2. The van der Waals surface area contributed by atoms with Gasteiger partial charge in [0.1, 0.15) is 5.75 Å². The van der Waals surface area contributed by atoms with Crippen LogP contribution in [0.1, 0.15) is 17.0 Å². The summed E-state index contributed by atoms with van der Waals surface area (Å²) in [6.07, 6.45) is 1.22. The number of fused-ring (bicyclic) bond motifs is 3. The van der Waals surface area contributed by atoms with E-state index in [-0.39, 0.29) is 17.9 Å². The molecule has 5 nitrogen and oxygen atoms in total. The number of benzene rings is 2. The zero-order chi connectivity index (χ0) is 18.4. The zero-order valence-electron chi connectivity index (χ0n) is 14.8. The Hall–Kier alpha value is -1.89. The van der Waals surface area contributed by atoms with Crippen LogP contribution < -0.4 is 4.74 Å². The van der Waals surface area contributed by atoms with Gasteiger partial charge in [-0.15, -0.1) is 0 Å². The van der Waals surface area contributed by atoms with Crippen molar-refractivity contribution in [1.82, 2.24) is 4.90 Å². The number of sulfone groups is 1. The first-order chi connectivity index (χ1) is 12.4. The Bertz CT molecular complexity index is 910. The van der Waals surface area contributed by atoms with Crippen LogP contribution in [0.3, 0.4) is 0 Å². The molecule has 2 aliphatic rings. The van der Waals surface area contributed by atoms with E-state index in [2.05, 4.69) is 11.0 Å². The lowest BCUT2D eigenvalue weighted by molar-refractivity contribution is 0.0457. The van der Waals surface area contributed by atoms with Crippen molar-refractivity contribution in [3.8, 4) is 5.75 Å². The minimum atomic E-state index is -3.17. The fourth-order valence-electron chi connectivity index (χ4n) is 4.19. The average molecular weight is 373 g/mol. The first kappa shape index (κ1) is 17.5. The maximum Gasteiger partial charge on any atom is 0.175 e. The summed E-state index contributed by atoms with van der Waals surface area (Å²) in [4.78, 5) is 2.66. The van der Waals surface area contributed by atoms with Crippen LogP contribution in [0.2, 0.25) is 0 Å². The van der Waals surface area contributed by atoms with E-state index in [4.69, 9.17) is 4.74 Å². The molecule has 2 aromatic carbocycles. The molecule has 26 heavy (non-hydrogen) atoms. The minimum absolute atomic E-state index is 0.0928. The molecule has 0 amide bonds. The van der Waals surface area contributed by atoms with Crippen LogP contribution in [-0.4, -0.2) is 51.0 Å². The van der Waals surface area contributed by atoms with Crippen molar-refractivity contribution < 1.29 is 18.3 Å². The average Bonchev–Trinajstić information content (AvgIpc) is 3.00. The third-order valence-electron chi connectivity index (χ3n) is 5.60. The molecule has 1 fully saturated rings. The molecular weight excluding hydrogens is 350 g/mol. The van der Waals surface area contributed by atoms with Gasteiger partial charge in [0.25, 0.3) is 0 Å². The van der Waals surface area contributed by atoms with E-state index in [1.807, 2.05) is 30.3 Å². The van der Waals surface area contributed by atoms with Crippen LogP contribution in [-0.2, 0) is 16.4 Å². The van der Waals surface area contributed by atoms with Crippen molar-refractivity contribution in [2.45, 2.75) is 17.4 Å². The molecule has 1 N–H and O–H groups in total. The summed E-state index contributed by atoms with van der Waals surface area (Å²) in [5, 5.41) is 10.1. The Morgan fingerprint density at radius 1 is 1.19 bits per heavy atom. The lowest BCUT2D eigenvalue weighted by atomic mass is 9.74. The van der Waals surface area contributed by atoms with E-state index >= 15 is 0 Å². The van der Waals surface area contributed by atoms with E-state index in [0.717, 1.165) is 30.9 Å². The molecule has 0 radical (unpaired) electrons. The number of likely N-dealkylation sites (tertiary alicyclic amines) is 1. The second-order valence-corrected chi connectivity index (χ2v) is 9.50. The van der Waals surface area contributed by atoms with Gasteiger partial charge in [-0.1, -0.05) is 30.3 Å². The Morgan fingerprint density at radius 3 is 2.62 bits per heavy atom. The molecule has 138 valence electrons. The van der Waals surface area contributed by atoms with Crippen molar-refractivity contribution in [1.29, 1.82) is 0 Å². The molecule has 0 aliphatic carbocycles. The van der Waals surface area contributed by atoms with Gasteiger partial charge in [-0.05, 0) is 29.3 Å². The summed E-state index contributed by atoms with van der Waals surface area (Å²) < 4.78 is 29.1. The molecule has 2 unspecified atom stereocenters. The fraction of sp³-hybridized carbons (Fsp3) is 0.400. The maximum absolute atomic E-state index is 11.6. The summed E-state index contributed by atoms with van der Waals surface area (Å²) in [6.45, 7) is 2.96. The molecule has 2 atom stereocenters. The molecule has 4 rings (SSSR count). The molecule has 0 spiro atoms. The van der Waals surface area contributed by atoms with Crippen LogP contribution in [0.25, 0.3) is 0 Å². The quantitative estimate of drug-likeness (QED) is 0.889. The summed E-state index contributed by atoms with van der Waals surface area (Å²) in [7, 11) is -3.17. The number of ether oxygens (including phenoxy) is 1. The number of hydrogen-bond acceptors (Lipinski definition) is 5. The third-order valence-corrected chi connectivity index (χ3v) is 6.73. The standard InChI is InChI=1S/C20H23NO4S/c1-26(23,24)16-8-6-15(7-9-16)10-21-11-18-17-4-2-3-5-19(17)25-14-20(18,12-21)13-22/h2-9,18,22H,10-14H2,1H3. The van der Waals surface area contributed by atoms with Crippen molar-refractivity contribution in [2.24, 2.45) is 5.41 Å². The van der Waals surface area contributed by atoms with Gasteiger partial charge in [0, 0.05) is 37.2 Å². The number of rotatable bonds is 4. The summed E-state index contributed by atoms with van der Waals surface area (Å²) >= 11 is 0. The molecule has 2 aliphatic heterocycles. The minimum Gasteiger partial charge on any atom is -0.493 e. The van der Waals surface area contributed by atoms with E-state index in [0.29, 0.717) is 11.5 Å². The number of para-hydroxylation sites is 1. The highest BCUT2D eigenvalue weighted by molar-refractivity contribution is 7.90. The van der Waals surface area contributed by atoms with Crippen molar-refractivity contribution in [3.05, 3.63) is 59.7 Å². The molecule has 1 saturated heterocycles. The van der Waals surface area contributed by atoms with Gasteiger partial charge in [-0.25, -0.2) is 8.42 Å². The first-order valence-corrected chi connectivity index (χ1v) is 10.6. The largest absolute Gasteiger partial charge is 0.493 e. The highest BCUT2D eigenvalue weighted by Crippen LogP contribution is 2.49. The molecule has 0 saturated carbocycles. The highest BCUT2D eigenvalue weighted by Gasteiger charge is 2.50. The Balaban J connectivity index is 1.55. The van der Waals surface area contributed by atoms with Gasteiger partial charge in [0.05, 0.1) is 18.1 Å². The molecule has 0 aromatic heterocycles. The molecular formula is C20H23NO4S. The normalized spacial score (nSPS) is 25.4. The van der Waals surface area contributed by atoms with Crippen molar-refractivity contribution >= 4 is 9.84 Å². The second-order valence-electron chi connectivity index (χ2n) is 7.49. The smallest absolute Gasteiger partial charge is 0.175 e. The molecule has 2 heterocycles. The number of aliphatic hydroxyl groups excluding tert-OH is 1. The SMILES string of the molecule is CS(=O)(=O)c1ccc(CN2CC3c4ccccc4OCC3(CO)C2)cc1. The zero-order valence-corrected chi connectivity index (χ0v) is 15.6. The van der Waals surface area contributed by atoms with E-state index in [1.165, 1.54) is 11.8 Å². The van der Waals surface area contributed by atoms with Gasteiger partial charge in [-0.3, -0.25) is 4.90 Å². The first-order valence-electron chi connectivity index (χ1n) is 8.75. The summed E-state index contributed by atoms with van der Waals surface area (Å²) in [5.74, 6) is 1.16. The Morgan fingerprint density at radius 2 is 1.92 bits per heavy atom. The fourth-order valence-corrected chi connectivity index (χ4v) is 4.82. The van der Waals surface area contributed by atoms with Gasteiger partial charge in [-0.2, -0.15) is 0 Å². The number of aliphatic hydroxyl groups is 1. The van der Waals surface area contributed by atoms with Crippen molar-refractivity contribution in [2.75, 3.05) is 32.6 Å². The van der Waals surface area contributed by atoms with Crippen LogP contribution in [0.15, 0.2) is 53.4 Å². The Kier molecular flexibility index (Phi) is 4.29. The monoisotopic (exact) mass is 373 g/mol. The van der Waals surface area contributed by atoms with E-state index in [1.54, 1.807) is 12.1 Å². The Labute approximate surface area is 154 Å². The number of hydrogen-bond donors (Lipinski definition) is 1. The van der Waals surface area contributed by atoms with Crippen LogP contribution in [0.5, 0.6) is 5.75 Å². The van der Waals surface area contributed by atoms with Gasteiger partial charge in [0.15, 0.2) is 9.84 Å². The van der Waals surface area contributed by atoms with E-state index < -0.39 is 9.84 Å². The topological polar surface area (TPSA) is 66.8 Å². The molecule has 2 aromatic rings. The lowest BCUT2D eigenvalue weighted by Crippen LogP contribution is -2.42. The molecule has 0 bridgehead atoms. The summed E-state index contributed by atoms with van der Waals surface area (Å²) in [5.41, 5.74) is 1.96. The van der Waals surface area contributed by atoms with Crippen LogP contribution in [0.4, 0.5) is 0 Å².